The molecule has 35 heavy (non-hydrogen) atoms. The number of nitrogens with zero attached hydrogens (tertiary/aromatic N) is 3. The number of nitrogens with one attached hydrogen (secondary N) is 2. The smallest absolute Gasteiger partial charge is 0.340 e. The van der Waals surface area contributed by atoms with Crippen LogP contribution in [-0.4, -0.2) is 58.3 Å². The van der Waals surface area contributed by atoms with E-state index >= 15 is 0 Å². The fourth-order valence-electron chi connectivity index (χ4n) is 4.02. The Kier molecular flexibility index (Phi) is 6.97. The number of alkyl halides is 2. The topological polar surface area (TPSA) is 111 Å². The van der Waals surface area contributed by atoms with Crippen molar-refractivity contribution in [1.82, 2.24) is 15.2 Å². The summed E-state index contributed by atoms with van der Waals surface area (Å²) in [4.78, 5) is 23.0. The molecule has 1 fully saturated rings. The molecule has 0 amide bonds. The lowest BCUT2D eigenvalue weighted by molar-refractivity contribution is -0.160. The highest BCUT2D eigenvalue weighted by Crippen LogP contribution is 2.45. The zero-order valence-electron chi connectivity index (χ0n) is 18.1. The number of esters is 1. The second-order valence-corrected chi connectivity index (χ2v) is 9.02. The number of thiazole rings is 1. The van der Waals surface area contributed by atoms with Gasteiger partial charge in [-0.25, -0.2) is 14.2 Å². The molecule has 0 bridgehead atoms. The summed E-state index contributed by atoms with van der Waals surface area (Å²) in [5.41, 5.74) is -1.29. The minimum atomic E-state index is -2.84. The SMILES string of the molecule is COC(=O)[C@]1(O)CC2=C(C(=N)/C=C\NC(F)F)[C@H](c3ccc(F)cc3Cl)N=C(c3nccs3)N2C1. The molecule has 13 heteroatoms. The summed E-state index contributed by atoms with van der Waals surface area (Å²) in [6.45, 7) is -3.07. The van der Waals surface area contributed by atoms with Gasteiger partial charge in [-0.05, 0) is 18.2 Å². The summed E-state index contributed by atoms with van der Waals surface area (Å²) in [6.07, 6.45) is 3.34. The van der Waals surface area contributed by atoms with E-state index in [4.69, 9.17) is 26.7 Å². The molecule has 184 valence electrons. The first-order valence-corrected chi connectivity index (χ1v) is 11.4. The fourth-order valence-corrected chi connectivity index (χ4v) is 4.93. The second kappa shape index (κ2) is 9.80. The minimum absolute atomic E-state index is 0.0347. The molecule has 0 spiro atoms. The quantitative estimate of drug-likeness (QED) is 0.289. The van der Waals surface area contributed by atoms with E-state index in [1.54, 1.807) is 21.8 Å². The largest absolute Gasteiger partial charge is 0.467 e. The molecule has 0 saturated carbocycles. The number of amidine groups is 1. The third kappa shape index (κ3) is 4.81. The van der Waals surface area contributed by atoms with Crippen molar-refractivity contribution < 1.29 is 27.8 Å². The number of carbonyl (C=O) groups is 1. The molecule has 3 N–H and O–H groups in total. The van der Waals surface area contributed by atoms with E-state index in [2.05, 4.69) is 4.98 Å². The number of ether oxygens (including phenoxy) is 1. The van der Waals surface area contributed by atoms with E-state index < -0.39 is 30.0 Å². The van der Waals surface area contributed by atoms with Crippen LogP contribution in [0.3, 0.4) is 0 Å². The average molecular weight is 526 g/mol. The number of halogens is 4. The van der Waals surface area contributed by atoms with Gasteiger partial charge in [-0.3, -0.25) is 4.99 Å². The molecule has 1 aromatic carbocycles. The van der Waals surface area contributed by atoms with E-state index in [-0.39, 0.29) is 29.3 Å². The van der Waals surface area contributed by atoms with Gasteiger partial charge in [0.25, 0.3) is 0 Å². The van der Waals surface area contributed by atoms with Crippen LogP contribution in [0, 0.1) is 11.2 Å². The van der Waals surface area contributed by atoms with Gasteiger partial charge >= 0.3 is 12.5 Å². The Hall–Kier alpha value is -3.22. The molecule has 1 aromatic heterocycles. The number of aliphatic hydroxyl groups is 1. The van der Waals surface area contributed by atoms with E-state index in [1.165, 1.54) is 23.5 Å². The van der Waals surface area contributed by atoms with Gasteiger partial charge in [0.15, 0.2) is 16.4 Å². The first-order chi connectivity index (χ1) is 16.6. The molecule has 0 unspecified atom stereocenters. The van der Waals surface area contributed by atoms with Gasteiger partial charge in [0.1, 0.15) is 11.9 Å². The number of carbonyl (C=O) groups excluding carboxylic acids is 1. The molecule has 4 rings (SSSR count). The van der Waals surface area contributed by atoms with Crippen LogP contribution in [0.2, 0.25) is 5.02 Å². The van der Waals surface area contributed by atoms with Crippen molar-refractivity contribution in [3.8, 4) is 0 Å². The number of benzene rings is 1. The van der Waals surface area contributed by atoms with E-state index in [0.717, 1.165) is 25.5 Å². The van der Waals surface area contributed by atoms with Crippen molar-refractivity contribution in [1.29, 1.82) is 5.41 Å². The fraction of sp³-hybridized carbons (Fsp3) is 0.273. The van der Waals surface area contributed by atoms with Gasteiger partial charge < -0.3 is 25.5 Å². The van der Waals surface area contributed by atoms with Gasteiger partial charge in [-0.15, -0.1) is 11.3 Å². The molecule has 3 heterocycles. The van der Waals surface area contributed by atoms with Crippen LogP contribution < -0.4 is 5.32 Å². The predicted molar refractivity (Wildman–Crippen MR) is 124 cm³/mol. The Balaban J connectivity index is 1.92. The molecule has 2 aliphatic rings. The molecule has 2 aromatic rings. The lowest BCUT2D eigenvalue weighted by Crippen LogP contribution is -2.44. The molecular formula is C22H19ClF3N5O3S. The molecule has 0 radical (unpaired) electrons. The van der Waals surface area contributed by atoms with Crippen LogP contribution in [0.25, 0.3) is 0 Å². The van der Waals surface area contributed by atoms with Crippen LogP contribution in [-0.2, 0) is 9.53 Å². The van der Waals surface area contributed by atoms with Crippen molar-refractivity contribution in [2.75, 3.05) is 13.7 Å². The van der Waals surface area contributed by atoms with Crippen molar-refractivity contribution in [3.05, 3.63) is 74.7 Å². The van der Waals surface area contributed by atoms with Gasteiger partial charge in [0, 0.05) is 46.1 Å². The molecule has 2 atom stereocenters. The summed E-state index contributed by atoms with van der Waals surface area (Å²) in [5.74, 6) is -1.15. The Morgan fingerprint density at radius 3 is 2.89 bits per heavy atom. The highest BCUT2D eigenvalue weighted by Gasteiger charge is 2.51. The van der Waals surface area contributed by atoms with Gasteiger partial charge in [-0.1, -0.05) is 17.7 Å². The van der Waals surface area contributed by atoms with Crippen molar-refractivity contribution in [2.45, 2.75) is 24.6 Å². The number of methoxy groups -OCH3 is 1. The van der Waals surface area contributed by atoms with Crippen LogP contribution in [0.1, 0.15) is 23.0 Å². The third-order valence-electron chi connectivity index (χ3n) is 5.51. The maximum absolute atomic E-state index is 13.8. The zero-order valence-corrected chi connectivity index (χ0v) is 19.7. The number of hydrogen-bond donors (Lipinski definition) is 3. The lowest BCUT2D eigenvalue weighted by Gasteiger charge is -2.32. The number of fused-ring (bicyclic) bond motifs is 1. The Bertz CT molecular complexity index is 1250. The molecule has 2 aliphatic heterocycles. The van der Waals surface area contributed by atoms with Crippen LogP contribution in [0.15, 0.2) is 58.3 Å². The van der Waals surface area contributed by atoms with Crippen molar-refractivity contribution in [3.63, 3.8) is 0 Å². The Morgan fingerprint density at radius 1 is 1.49 bits per heavy atom. The Labute approximate surface area is 206 Å². The van der Waals surface area contributed by atoms with Crippen LogP contribution in [0.4, 0.5) is 13.2 Å². The third-order valence-corrected chi connectivity index (χ3v) is 6.60. The summed E-state index contributed by atoms with van der Waals surface area (Å²) < 4.78 is 43.8. The van der Waals surface area contributed by atoms with E-state index in [0.29, 0.717) is 22.1 Å². The highest BCUT2D eigenvalue weighted by atomic mass is 35.5. The van der Waals surface area contributed by atoms with E-state index in [1.807, 2.05) is 0 Å². The summed E-state index contributed by atoms with van der Waals surface area (Å²) in [7, 11) is 1.14. The first kappa shape index (κ1) is 24.9. The highest BCUT2D eigenvalue weighted by molar-refractivity contribution is 7.11. The maximum Gasteiger partial charge on any atom is 0.340 e. The van der Waals surface area contributed by atoms with Gasteiger partial charge in [0.05, 0.1) is 19.4 Å². The maximum atomic E-state index is 13.8. The normalized spacial score (nSPS) is 22.0. The number of allylic oxidation sites excluding steroid dienone is 1. The van der Waals surface area contributed by atoms with Gasteiger partial charge in [0.2, 0.25) is 0 Å². The Morgan fingerprint density at radius 2 is 2.26 bits per heavy atom. The standard InChI is InChI=1S/C22H19ClF3N5O3S/c1-34-20(32)22(33)9-15-16(14(27)4-5-29-21(25)26)17(12-3-2-11(24)8-13(12)23)30-18(31(15)10-22)19-28-6-7-35-19/h2-8,17,21,27,29,33H,9-10H2,1H3/b5-4-,27-14?/t17-,22-/m0/s1. The molecule has 1 saturated heterocycles. The first-order valence-electron chi connectivity index (χ1n) is 10.2. The summed E-state index contributed by atoms with van der Waals surface area (Å²) in [6, 6.07) is 2.72. The zero-order chi connectivity index (χ0) is 25.3. The molecular weight excluding hydrogens is 507 g/mol. The molecule has 0 aliphatic carbocycles. The van der Waals surface area contributed by atoms with E-state index in [9.17, 15) is 23.1 Å². The molecule has 8 nitrogen and oxygen atoms in total. The van der Waals surface area contributed by atoms with Crippen LogP contribution >= 0.6 is 22.9 Å². The summed E-state index contributed by atoms with van der Waals surface area (Å²) >= 11 is 7.61. The number of aromatic nitrogens is 1. The monoisotopic (exact) mass is 525 g/mol. The predicted octanol–water partition coefficient (Wildman–Crippen LogP) is 3.65. The number of hydrogen-bond acceptors (Lipinski definition) is 9. The lowest BCUT2D eigenvalue weighted by atomic mass is 9.90. The average Bonchev–Trinajstić information content (AvgIpc) is 3.45. The van der Waals surface area contributed by atoms with Crippen LogP contribution in [0.5, 0.6) is 0 Å². The van der Waals surface area contributed by atoms with Crippen molar-refractivity contribution >= 4 is 40.5 Å². The number of rotatable bonds is 7. The summed E-state index contributed by atoms with van der Waals surface area (Å²) in [5, 5.41) is 23.8. The van der Waals surface area contributed by atoms with Gasteiger partial charge in [-0.2, -0.15) is 8.78 Å². The van der Waals surface area contributed by atoms with Crippen molar-refractivity contribution in [2.24, 2.45) is 4.99 Å². The second-order valence-electron chi connectivity index (χ2n) is 7.72. The minimum Gasteiger partial charge on any atom is -0.467 e. The number of aliphatic imine (C=N–C) groups is 1.